The summed E-state index contributed by atoms with van der Waals surface area (Å²) in [5.74, 6) is -4.06. The van der Waals surface area contributed by atoms with Crippen LogP contribution in [0.5, 0.6) is 0 Å². The van der Waals surface area contributed by atoms with Crippen LogP contribution in [0.1, 0.15) is 52.7 Å². The Hall–Kier alpha value is -2.94. The summed E-state index contributed by atoms with van der Waals surface area (Å²) in [5, 5.41) is 12.4. The lowest BCUT2D eigenvalue weighted by Gasteiger charge is -2.19. The second-order valence-corrected chi connectivity index (χ2v) is 9.09. The summed E-state index contributed by atoms with van der Waals surface area (Å²) in [7, 11) is 0. The Morgan fingerprint density at radius 2 is 1.63 bits per heavy atom. The molecule has 2 amide bonds. The number of nitrogens with one attached hydrogen (secondary N) is 2. The van der Waals surface area contributed by atoms with Crippen LogP contribution >= 0.6 is 34.8 Å². The van der Waals surface area contributed by atoms with Gasteiger partial charge < -0.3 is 10.6 Å². The van der Waals surface area contributed by atoms with Crippen LogP contribution in [0.2, 0.25) is 15.1 Å². The summed E-state index contributed by atoms with van der Waals surface area (Å²) in [6.07, 6.45) is -9.76. The average molecular weight is 601 g/mol. The first kappa shape index (κ1) is 31.3. The molecule has 0 heterocycles. The Kier molecular flexibility index (Phi) is 10.5. The van der Waals surface area contributed by atoms with E-state index in [1.165, 1.54) is 6.92 Å². The van der Waals surface area contributed by atoms with Crippen molar-refractivity contribution in [2.24, 2.45) is 0 Å². The van der Waals surface area contributed by atoms with Gasteiger partial charge in [0.1, 0.15) is 0 Å². The van der Waals surface area contributed by atoms with Crippen molar-refractivity contribution < 1.29 is 35.9 Å². The molecule has 0 radical (unpaired) electrons. The fourth-order valence-corrected chi connectivity index (χ4v) is 3.88. The Balaban J connectivity index is 2.37. The highest BCUT2D eigenvalue weighted by molar-refractivity contribution is 6.48. The van der Waals surface area contributed by atoms with Gasteiger partial charge in [0.05, 0.1) is 44.3 Å². The van der Waals surface area contributed by atoms with E-state index in [-0.39, 0.29) is 39.0 Å². The van der Waals surface area contributed by atoms with Crippen LogP contribution in [-0.4, -0.2) is 24.2 Å². The van der Waals surface area contributed by atoms with Crippen molar-refractivity contribution in [2.45, 2.75) is 44.2 Å². The third-order valence-electron chi connectivity index (χ3n) is 4.98. The number of benzene rings is 2. The van der Waals surface area contributed by atoms with Crippen molar-refractivity contribution in [2.75, 3.05) is 0 Å². The first-order valence-corrected chi connectivity index (χ1v) is 11.8. The summed E-state index contributed by atoms with van der Waals surface area (Å²) < 4.78 is 82.4. The Morgan fingerprint density at radius 3 is 2.16 bits per heavy atom. The van der Waals surface area contributed by atoms with Crippen LogP contribution in [-0.2, 0) is 11.0 Å². The molecule has 14 heteroatoms. The first-order chi connectivity index (χ1) is 17.5. The molecule has 5 nitrogen and oxygen atoms in total. The lowest BCUT2D eigenvalue weighted by atomic mass is 9.96. The largest absolute Gasteiger partial charge is 0.417 e. The Morgan fingerprint density at radius 1 is 1.03 bits per heavy atom. The fraction of sp³-hybridized carbons (Fsp3) is 0.292. The molecular weight excluding hydrogens is 583 g/mol. The quantitative estimate of drug-likeness (QED) is 0.187. The highest BCUT2D eigenvalue weighted by atomic mass is 35.5. The van der Waals surface area contributed by atoms with Crippen molar-refractivity contribution in [3.8, 4) is 6.07 Å². The van der Waals surface area contributed by atoms with E-state index in [0.29, 0.717) is 12.1 Å². The number of halogens is 9. The number of amides is 2. The zero-order valence-electron chi connectivity index (χ0n) is 19.3. The van der Waals surface area contributed by atoms with Gasteiger partial charge >= 0.3 is 12.4 Å². The van der Waals surface area contributed by atoms with Gasteiger partial charge in [-0.3, -0.25) is 9.59 Å². The molecule has 0 bridgehead atoms. The summed E-state index contributed by atoms with van der Waals surface area (Å²) in [6.45, 7) is 1.30. The second-order valence-electron chi connectivity index (χ2n) is 7.90. The van der Waals surface area contributed by atoms with Gasteiger partial charge in [-0.2, -0.15) is 31.6 Å². The van der Waals surface area contributed by atoms with Gasteiger partial charge in [-0.05, 0) is 42.3 Å². The summed E-state index contributed by atoms with van der Waals surface area (Å²) in [6, 6.07) is 6.02. The van der Waals surface area contributed by atoms with Gasteiger partial charge in [-0.15, -0.1) is 0 Å². The Bertz CT molecular complexity index is 1250. The molecule has 0 fully saturated rings. The predicted molar refractivity (Wildman–Crippen MR) is 131 cm³/mol. The fourth-order valence-electron chi connectivity index (χ4n) is 3.26. The highest BCUT2D eigenvalue weighted by Crippen LogP contribution is 2.41. The van der Waals surface area contributed by atoms with Crippen molar-refractivity contribution >= 4 is 52.7 Å². The molecule has 0 aliphatic rings. The van der Waals surface area contributed by atoms with Gasteiger partial charge in [-0.25, -0.2) is 0 Å². The molecule has 2 atom stereocenters. The number of hydrogen-bond acceptors (Lipinski definition) is 3. The lowest BCUT2D eigenvalue weighted by Crippen LogP contribution is -2.46. The molecule has 0 saturated heterocycles. The van der Waals surface area contributed by atoms with Gasteiger partial charge in [0, 0.05) is 12.8 Å². The summed E-state index contributed by atoms with van der Waals surface area (Å²) in [5.41, 5.74) is -2.86. The number of nitrogens with zero attached hydrogens (tertiary/aromatic N) is 1. The third-order valence-corrected chi connectivity index (χ3v) is 6.18. The molecule has 0 aromatic heterocycles. The normalized spacial score (nSPS) is 13.6. The zero-order chi connectivity index (χ0) is 28.8. The number of nitriles is 1. The minimum absolute atomic E-state index is 0.0903. The molecule has 2 aromatic carbocycles. The molecule has 204 valence electrons. The van der Waals surface area contributed by atoms with E-state index in [0.717, 1.165) is 30.3 Å². The van der Waals surface area contributed by atoms with Crippen molar-refractivity contribution in [3.05, 3.63) is 73.7 Å². The van der Waals surface area contributed by atoms with E-state index in [9.17, 15) is 35.9 Å². The molecule has 0 saturated carbocycles. The van der Waals surface area contributed by atoms with E-state index in [4.69, 9.17) is 40.1 Å². The minimum Gasteiger partial charge on any atom is -0.336 e. The number of carbonyl (C=O) groups is 2. The van der Waals surface area contributed by atoms with Crippen LogP contribution in [0.3, 0.4) is 0 Å². The average Bonchev–Trinajstić information content (AvgIpc) is 2.79. The van der Waals surface area contributed by atoms with Crippen molar-refractivity contribution in [3.63, 3.8) is 0 Å². The standard InChI is InChI=1S/C24H18Cl3F6N3O2/c1-12(35-20(37)3-2-8-34)36-22(38)15-6-4-13(9-17(15)24(31,32)33)5-7-16(23(28,29)30)14-10-18(25)21(27)19(26)11-14/h4-7,9-12,16H,2-3H2,1H3,(H,35,37)(H,36,38)/t12-,16?/m1/s1. The number of allylic oxidation sites excluding steroid dienone is 1. The van der Waals surface area contributed by atoms with E-state index >= 15 is 0 Å². The van der Waals surface area contributed by atoms with Crippen molar-refractivity contribution in [1.82, 2.24) is 10.6 Å². The SMILES string of the molecule is C[C@H](NC(=O)CCC#N)NC(=O)c1ccc(C=CC(c2cc(Cl)c(Cl)c(Cl)c2)C(F)(F)F)cc1C(F)(F)F. The van der Waals surface area contributed by atoms with Gasteiger partial charge in [0.15, 0.2) is 0 Å². The molecule has 38 heavy (non-hydrogen) atoms. The number of alkyl halides is 6. The van der Waals surface area contributed by atoms with E-state index < -0.39 is 47.4 Å². The van der Waals surface area contributed by atoms with E-state index in [1.54, 1.807) is 6.07 Å². The lowest BCUT2D eigenvalue weighted by molar-refractivity contribution is -0.139. The predicted octanol–water partition coefficient (Wildman–Crippen LogP) is 7.52. The smallest absolute Gasteiger partial charge is 0.336 e. The first-order valence-electron chi connectivity index (χ1n) is 10.6. The molecule has 1 unspecified atom stereocenters. The topological polar surface area (TPSA) is 82.0 Å². The number of carbonyl (C=O) groups excluding carboxylic acids is 2. The minimum atomic E-state index is -5.03. The Labute approximate surface area is 228 Å². The summed E-state index contributed by atoms with van der Waals surface area (Å²) >= 11 is 17.4. The zero-order valence-corrected chi connectivity index (χ0v) is 21.5. The van der Waals surface area contributed by atoms with Gasteiger partial charge in [0.2, 0.25) is 5.91 Å². The van der Waals surface area contributed by atoms with Crippen LogP contribution in [0.25, 0.3) is 6.08 Å². The third kappa shape index (κ3) is 8.55. The summed E-state index contributed by atoms with van der Waals surface area (Å²) in [4.78, 5) is 24.1. The van der Waals surface area contributed by atoms with Crippen LogP contribution < -0.4 is 10.6 Å². The maximum absolute atomic E-state index is 13.7. The second kappa shape index (κ2) is 12.7. The maximum Gasteiger partial charge on any atom is 0.417 e. The molecule has 0 aliphatic heterocycles. The molecule has 2 aromatic rings. The highest BCUT2D eigenvalue weighted by Gasteiger charge is 2.40. The van der Waals surface area contributed by atoms with Crippen molar-refractivity contribution in [1.29, 1.82) is 5.26 Å². The molecule has 0 aliphatic carbocycles. The van der Waals surface area contributed by atoms with Gasteiger partial charge in [-0.1, -0.05) is 53.0 Å². The van der Waals surface area contributed by atoms with E-state index in [1.807, 2.05) is 0 Å². The van der Waals surface area contributed by atoms with Gasteiger partial charge in [0.25, 0.3) is 5.91 Å². The van der Waals surface area contributed by atoms with E-state index in [2.05, 4.69) is 10.6 Å². The maximum atomic E-state index is 13.7. The molecule has 2 rings (SSSR count). The van der Waals surface area contributed by atoms with Crippen LogP contribution in [0.15, 0.2) is 36.4 Å². The number of hydrogen-bond donors (Lipinski definition) is 2. The monoisotopic (exact) mass is 599 g/mol. The number of rotatable bonds is 8. The molecular formula is C24H18Cl3F6N3O2. The van der Waals surface area contributed by atoms with Crippen LogP contribution in [0, 0.1) is 11.3 Å². The molecule has 0 spiro atoms. The van der Waals surface area contributed by atoms with Crippen LogP contribution in [0.4, 0.5) is 26.3 Å². The molecule has 2 N–H and O–H groups in total.